The number of hydrogen-bond acceptors (Lipinski definition) is 7. The minimum Gasteiger partial charge on any atom is -0.472 e. The summed E-state index contributed by atoms with van der Waals surface area (Å²) in [7, 11) is 0. The first-order valence-corrected chi connectivity index (χ1v) is 7.88. The number of aryl methyl sites for hydroxylation is 1. The Balaban J connectivity index is 1.47. The summed E-state index contributed by atoms with van der Waals surface area (Å²) in [5.74, 6) is 2.05. The van der Waals surface area contributed by atoms with Crippen LogP contribution >= 0.6 is 0 Å². The van der Waals surface area contributed by atoms with Gasteiger partial charge < -0.3 is 14.8 Å². The predicted molar refractivity (Wildman–Crippen MR) is 86.9 cm³/mol. The highest BCUT2D eigenvalue weighted by Gasteiger charge is 2.17. The molecule has 1 unspecified atom stereocenters. The van der Waals surface area contributed by atoms with Crippen LogP contribution in [0.15, 0.2) is 30.7 Å². The number of pyridine rings is 1. The molecular formula is C16H18N6O2. The zero-order chi connectivity index (χ0) is 16.4. The number of anilines is 1. The van der Waals surface area contributed by atoms with Crippen LogP contribution in [0.3, 0.4) is 0 Å². The normalized spacial score (nSPS) is 17.3. The van der Waals surface area contributed by atoms with Gasteiger partial charge in [-0.05, 0) is 18.6 Å². The molecule has 4 rings (SSSR count). The number of fused-ring (bicyclic) bond motifs is 1. The van der Waals surface area contributed by atoms with Crippen LogP contribution in [0.5, 0.6) is 5.88 Å². The Hall–Kier alpha value is -2.74. The van der Waals surface area contributed by atoms with Gasteiger partial charge in [0.1, 0.15) is 18.2 Å². The molecule has 8 nitrogen and oxygen atoms in total. The highest BCUT2D eigenvalue weighted by atomic mass is 16.5. The van der Waals surface area contributed by atoms with Gasteiger partial charge >= 0.3 is 0 Å². The van der Waals surface area contributed by atoms with Crippen molar-refractivity contribution in [1.29, 1.82) is 0 Å². The molecule has 1 fully saturated rings. The average Bonchev–Trinajstić information content (AvgIpc) is 3.24. The smallest absolute Gasteiger partial charge is 0.254 e. The molecule has 0 amide bonds. The molecule has 0 spiro atoms. The third-order valence-corrected chi connectivity index (χ3v) is 3.83. The first-order chi connectivity index (χ1) is 11.8. The lowest BCUT2D eigenvalue weighted by molar-refractivity contribution is 0.138. The summed E-state index contributed by atoms with van der Waals surface area (Å²) in [5, 5.41) is 7.55. The molecule has 0 saturated carbocycles. The van der Waals surface area contributed by atoms with Crippen molar-refractivity contribution in [1.82, 2.24) is 24.6 Å². The Morgan fingerprint density at radius 2 is 2.33 bits per heavy atom. The van der Waals surface area contributed by atoms with Crippen LogP contribution in [0.2, 0.25) is 0 Å². The lowest BCUT2D eigenvalue weighted by Crippen LogP contribution is -2.16. The van der Waals surface area contributed by atoms with E-state index in [9.17, 15) is 0 Å². The van der Waals surface area contributed by atoms with Crippen molar-refractivity contribution in [3.63, 3.8) is 0 Å². The van der Waals surface area contributed by atoms with Crippen molar-refractivity contribution in [2.24, 2.45) is 0 Å². The molecule has 8 heteroatoms. The fourth-order valence-electron chi connectivity index (χ4n) is 2.65. The number of ether oxygens (including phenoxy) is 2. The maximum Gasteiger partial charge on any atom is 0.254 e. The van der Waals surface area contributed by atoms with Crippen LogP contribution in [0, 0.1) is 6.92 Å². The van der Waals surface area contributed by atoms with Gasteiger partial charge in [0.25, 0.3) is 5.78 Å². The van der Waals surface area contributed by atoms with Crippen LogP contribution in [0.1, 0.15) is 17.7 Å². The summed E-state index contributed by atoms with van der Waals surface area (Å²) in [6.07, 6.45) is 4.25. The summed E-state index contributed by atoms with van der Waals surface area (Å²) in [6, 6.07) is 5.84. The number of hydrogen-bond donors (Lipinski definition) is 1. The Kier molecular flexibility index (Phi) is 3.96. The van der Waals surface area contributed by atoms with E-state index in [2.05, 4.69) is 25.4 Å². The minimum absolute atomic E-state index is 0.0957. The van der Waals surface area contributed by atoms with Crippen LogP contribution in [-0.4, -0.2) is 43.9 Å². The lowest BCUT2D eigenvalue weighted by Gasteiger charge is -2.12. The number of rotatable bonds is 5. The van der Waals surface area contributed by atoms with E-state index in [1.165, 1.54) is 6.33 Å². The highest BCUT2D eigenvalue weighted by Crippen LogP contribution is 2.17. The quantitative estimate of drug-likeness (QED) is 0.762. The molecule has 0 aliphatic carbocycles. The molecule has 1 N–H and O–H groups in total. The zero-order valence-corrected chi connectivity index (χ0v) is 13.3. The summed E-state index contributed by atoms with van der Waals surface area (Å²) < 4.78 is 12.8. The third kappa shape index (κ3) is 3.13. The van der Waals surface area contributed by atoms with Gasteiger partial charge in [-0.15, -0.1) is 0 Å². The average molecular weight is 326 g/mol. The molecular weight excluding hydrogens is 308 g/mol. The van der Waals surface area contributed by atoms with Crippen LogP contribution in [0.25, 0.3) is 5.78 Å². The molecule has 1 aliphatic rings. The number of aromatic nitrogens is 5. The van der Waals surface area contributed by atoms with Crippen molar-refractivity contribution in [2.75, 3.05) is 18.5 Å². The molecule has 3 aromatic heterocycles. The molecule has 1 aliphatic heterocycles. The van der Waals surface area contributed by atoms with Gasteiger partial charge in [0.15, 0.2) is 0 Å². The van der Waals surface area contributed by atoms with E-state index in [0.29, 0.717) is 24.8 Å². The third-order valence-electron chi connectivity index (χ3n) is 3.83. The molecule has 24 heavy (non-hydrogen) atoms. The molecule has 3 aromatic rings. The number of nitrogens with one attached hydrogen (secondary N) is 1. The number of nitrogens with zero attached hydrogens (tertiary/aromatic N) is 5. The molecule has 1 saturated heterocycles. The molecule has 124 valence electrons. The van der Waals surface area contributed by atoms with E-state index in [4.69, 9.17) is 9.47 Å². The largest absolute Gasteiger partial charge is 0.472 e. The molecule has 4 heterocycles. The molecule has 0 radical (unpaired) electrons. The Labute approximate surface area is 138 Å². The van der Waals surface area contributed by atoms with Crippen LogP contribution in [0.4, 0.5) is 5.82 Å². The van der Waals surface area contributed by atoms with Gasteiger partial charge in [-0.1, -0.05) is 0 Å². The van der Waals surface area contributed by atoms with Gasteiger partial charge in [-0.2, -0.15) is 14.6 Å². The van der Waals surface area contributed by atoms with Gasteiger partial charge in [-0.25, -0.2) is 9.97 Å². The maximum atomic E-state index is 5.84. The predicted octanol–water partition coefficient (Wildman–Crippen LogP) is 1.61. The Morgan fingerprint density at radius 3 is 3.21 bits per heavy atom. The van der Waals surface area contributed by atoms with Gasteiger partial charge in [0, 0.05) is 37.0 Å². The SMILES string of the molecule is Cc1cc(NCc2ccnc(OC3CCOC3)c2)n2ncnc2n1. The second-order valence-electron chi connectivity index (χ2n) is 5.71. The van der Waals surface area contributed by atoms with Crippen molar-refractivity contribution in [2.45, 2.75) is 26.0 Å². The Bertz CT molecular complexity index is 843. The zero-order valence-electron chi connectivity index (χ0n) is 13.3. The fraction of sp³-hybridized carbons (Fsp3) is 0.375. The van der Waals surface area contributed by atoms with Crippen molar-refractivity contribution < 1.29 is 9.47 Å². The first-order valence-electron chi connectivity index (χ1n) is 7.88. The monoisotopic (exact) mass is 326 g/mol. The Morgan fingerprint density at radius 1 is 1.38 bits per heavy atom. The van der Waals surface area contributed by atoms with E-state index in [-0.39, 0.29) is 6.10 Å². The van der Waals surface area contributed by atoms with E-state index < -0.39 is 0 Å². The van der Waals surface area contributed by atoms with Gasteiger partial charge in [0.2, 0.25) is 5.88 Å². The van der Waals surface area contributed by atoms with Crippen molar-refractivity contribution >= 4 is 11.6 Å². The summed E-state index contributed by atoms with van der Waals surface area (Å²) >= 11 is 0. The second-order valence-corrected chi connectivity index (χ2v) is 5.71. The van der Waals surface area contributed by atoms with E-state index >= 15 is 0 Å². The summed E-state index contributed by atoms with van der Waals surface area (Å²) in [6.45, 7) is 3.94. The summed E-state index contributed by atoms with van der Waals surface area (Å²) in [5.41, 5.74) is 1.96. The topological polar surface area (TPSA) is 86.5 Å². The van der Waals surface area contributed by atoms with Gasteiger partial charge in [0.05, 0.1) is 13.2 Å². The van der Waals surface area contributed by atoms with Crippen LogP contribution in [-0.2, 0) is 11.3 Å². The molecule has 0 bridgehead atoms. The van der Waals surface area contributed by atoms with E-state index in [0.717, 1.165) is 30.1 Å². The van der Waals surface area contributed by atoms with E-state index in [1.54, 1.807) is 10.7 Å². The van der Waals surface area contributed by atoms with Crippen LogP contribution < -0.4 is 10.1 Å². The standard InChI is InChI=1S/C16H18N6O2/c1-11-6-14(22-16(21-11)19-10-20-22)18-8-12-2-4-17-15(7-12)24-13-3-5-23-9-13/h2,4,6-7,10,13,18H,3,5,8-9H2,1H3. The first kappa shape index (κ1) is 14.8. The maximum absolute atomic E-state index is 5.84. The highest BCUT2D eigenvalue weighted by molar-refractivity contribution is 5.45. The second kappa shape index (κ2) is 6.40. The minimum atomic E-state index is 0.0957. The van der Waals surface area contributed by atoms with Crippen molar-refractivity contribution in [3.05, 3.63) is 42.0 Å². The van der Waals surface area contributed by atoms with Crippen molar-refractivity contribution in [3.8, 4) is 5.88 Å². The van der Waals surface area contributed by atoms with Gasteiger partial charge in [-0.3, -0.25) is 0 Å². The lowest BCUT2D eigenvalue weighted by atomic mass is 10.2. The van der Waals surface area contributed by atoms with E-state index in [1.807, 2.05) is 25.1 Å². The summed E-state index contributed by atoms with van der Waals surface area (Å²) in [4.78, 5) is 12.7. The molecule has 1 atom stereocenters. The fourth-order valence-corrected chi connectivity index (χ4v) is 2.65. The molecule has 0 aromatic carbocycles.